The zero-order valence-corrected chi connectivity index (χ0v) is 13.9. The number of carbonyl (C=O) groups excluding carboxylic acids is 1. The van der Waals surface area contributed by atoms with Gasteiger partial charge in [0.1, 0.15) is 17.1 Å². The number of hydrogen-bond acceptors (Lipinski definition) is 4. The maximum Gasteiger partial charge on any atom is 0.272 e. The van der Waals surface area contributed by atoms with E-state index in [0.29, 0.717) is 31.9 Å². The summed E-state index contributed by atoms with van der Waals surface area (Å²) in [6.45, 7) is 3.14. The van der Waals surface area contributed by atoms with Gasteiger partial charge in [0.2, 0.25) is 0 Å². The number of ether oxygens (including phenoxy) is 1. The normalized spacial score (nSPS) is 23.9. The minimum atomic E-state index is -0.404. The van der Waals surface area contributed by atoms with Crippen LogP contribution in [0.2, 0.25) is 0 Å². The maximum absolute atomic E-state index is 13.6. The molecule has 1 N–H and O–H groups in total. The number of rotatable bonds is 2. The van der Waals surface area contributed by atoms with Gasteiger partial charge in [-0.05, 0) is 31.0 Å². The second kappa shape index (κ2) is 6.48. The Morgan fingerprint density at radius 3 is 3.04 bits per heavy atom. The summed E-state index contributed by atoms with van der Waals surface area (Å²) >= 11 is 0. The highest BCUT2D eigenvalue weighted by Crippen LogP contribution is 2.32. The third-order valence-electron chi connectivity index (χ3n) is 4.98. The summed E-state index contributed by atoms with van der Waals surface area (Å²) in [6, 6.07) is 6.64. The highest BCUT2D eigenvalue weighted by Gasteiger charge is 2.42. The van der Waals surface area contributed by atoms with Crippen molar-refractivity contribution in [2.24, 2.45) is 0 Å². The molecular weight excluding hydrogens is 323 g/mol. The molecule has 2 aliphatic rings. The van der Waals surface area contributed by atoms with Crippen LogP contribution in [0.15, 0.2) is 36.8 Å². The van der Waals surface area contributed by atoms with E-state index in [2.05, 4.69) is 14.9 Å². The molecule has 0 saturated carbocycles. The second-order valence-corrected chi connectivity index (χ2v) is 6.73. The van der Waals surface area contributed by atoms with Crippen LogP contribution in [0.25, 0.3) is 0 Å². The van der Waals surface area contributed by atoms with Crippen LogP contribution in [-0.2, 0) is 4.74 Å². The van der Waals surface area contributed by atoms with E-state index in [-0.39, 0.29) is 11.7 Å². The number of amides is 1. The van der Waals surface area contributed by atoms with Gasteiger partial charge in [-0.15, -0.1) is 0 Å². The number of halogens is 1. The molecule has 1 aromatic carbocycles. The molecule has 2 saturated heterocycles. The van der Waals surface area contributed by atoms with Crippen LogP contribution in [0.3, 0.4) is 0 Å². The third-order valence-corrected chi connectivity index (χ3v) is 4.98. The van der Waals surface area contributed by atoms with Crippen molar-refractivity contribution in [2.45, 2.75) is 18.4 Å². The Labute approximate surface area is 145 Å². The van der Waals surface area contributed by atoms with Crippen molar-refractivity contribution >= 4 is 11.6 Å². The van der Waals surface area contributed by atoms with E-state index in [9.17, 15) is 9.18 Å². The van der Waals surface area contributed by atoms with Crippen LogP contribution < -0.4 is 4.90 Å². The largest absolute Gasteiger partial charge is 0.369 e. The monoisotopic (exact) mass is 344 g/mol. The number of aromatic amines is 1. The predicted molar refractivity (Wildman–Crippen MR) is 91.0 cm³/mol. The number of carbonyl (C=O) groups is 1. The summed E-state index contributed by atoms with van der Waals surface area (Å²) < 4.78 is 19.7. The predicted octanol–water partition coefficient (Wildman–Crippen LogP) is 2.06. The van der Waals surface area contributed by atoms with E-state index in [1.165, 1.54) is 12.4 Å². The van der Waals surface area contributed by atoms with Crippen LogP contribution in [0, 0.1) is 5.82 Å². The molecule has 0 aliphatic carbocycles. The summed E-state index contributed by atoms with van der Waals surface area (Å²) in [6.07, 6.45) is 4.90. The summed E-state index contributed by atoms with van der Waals surface area (Å²) in [5.74, 6) is -0.291. The Hall–Kier alpha value is -2.41. The summed E-state index contributed by atoms with van der Waals surface area (Å²) in [4.78, 5) is 23.4. The molecule has 1 unspecified atom stereocenters. The molecule has 7 heteroatoms. The molecule has 2 aromatic rings. The van der Waals surface area contributed by atoms with E-state index < -0.39 is 5.60 Å². The van der Waals surface area contributed by atoms with Gasteiger partial charge in [0.25, 0.3) is 5.91 Å². The summed E-state index contributed by atoms with van der Waals surface area (Å²) in [5.41, 5.74) is 0.952. The molecule has 132 valence electrons. The SMILES string of the molecule is O=C(c1cnc[nH]1)N1CCOC2(CCCN(c3cccc(F)c3)C2)C1. The number of aromatic nitrogens is 2. The van der Waals surface area contributed by atoms with Gasteiger partial charge in [-0.2, -0.15) is 0 Å². The number of piperidine rings is 1. The van der Waals surface area contributed by atoms with Gasteiger partial charge in [0, 0.05) is 25.3 Å². The van der Waals surface area contributed by atoms with Gasteiger partial charge >= 0.3 is 0 Å². The molecule has 6 nitrogen and oxygen atoms in total. The molecule has 1 aromatic heterocycles. The van der Waals surface area contributed by atoms with Crippen LogP contribution >= 0.6 is 0 Å². The lowest BCUT2D eigenvalue weighted by Crippen LogP contribution is -2.60. The van der Waals surface area contributed by atoms with E-state index in [1.807, 2.05) is 11.0 Å². The fourth-order valence-electron chi connectivity index (χ4n) is 3.80. The minimum absolute atomic E-state index is 0.0527. The van der Waals surface area contributed by atoms with Crippen molar-refractivity contribution in [1.29, 1.82) is 0 Å². The van der Waals surface area contributed by atoms with Gasteiger partial charge in [-0.25, -0.2) is 9.37 Å². The van der Waals surface area contributed by atoms with Crippen molar-refractivity contribution in [3.05, 3.63) is 48.3 Å². The molecule has 0 bridgehead atoms. The standard InChI is InChI=1S/C18H21FN4O2/c19-14-3-1-4-15(9-14)22-6-2-5-18(11-22)12-23(7-8-25-18)17(24)16-10-20-13-21-16/h1,3-4,9-10,13H,2,5-8,11-12H2,(H,20,21). The van der Waals surface area contributed by atoms with Gasteiger partial charge in [0.05, 0.1) is 25.7 Å². The average Bonchev–Trinajstić information content (AvgIpc) is 3.16. The summed E-state index contributed by atoms with van der Waals surface area (Å²) in [7, 11) is 0. The number of H-pyrrole nitrogens is 1. The Bertz CT molecular complexity index is 747. The molecule has 2 fully saturated rings. The average molecular weight is 344 g/mol. The first-order valence-electron chi connectivity index (χ1n) is 8.57. The van der Waals surface area contributed by atoms with Crippen LogP contribution in [-0.4, -0.2) is 59.2 Å². The number of anilines is 1. The number of morpholine rings is 1. The quantitative estimate of drug-likeness (QED) is 0.906. The van der Waals surface area contributed by atoms with Gasteiger partial charge in [-0.1, -0.05) is 6.07 Å². The molecule has 3 heterocycles. The molecule has 1 amide bonds. The Kier molecular flexibility index (Phi) is 4.17. The highest BCUT2D eigenvalue weighted by molar-refractivity contribution is 5.92. The Morgan fingerprint density at radius 1 is 1.32 bits per heavy atom. The van der Waals surface area contributed by atoms with Crippen molar-refractivity contribution in [3.8, 4) is 0 Å². The summed E-state index contributed by atoms with van der Waals surface area (Å²) in [5, 5.41) is 0. The fraction of sp³-hybridized carbons (Fsp3) is 0.444. The first-order chi connectivity index (χ1) is 12.2. The molecule has 25 heavy (non-hydrogen) atoms. The smallest absolute Gasteiger partial charge is 0.272 e. The lowest BCUT2D eigenvalue weighted by Gasteiger charge is -2.48. The van der Waals surface area contributed by atoms with Gasteiger partial charge < -0.3 is 19.5 Å². The minimum Gasteiger partial charge on any atom is -0.369 e. The molecular formula is C18H21FN4O2. The lowest BCUT2D eigenvalue weighted by molar-refractivity contribution is -0.105. The highest BCUT2D eigenvalue weighted by atomic mass is 19.1. The van der Waals surface area contributed by atoms with Crippen molar-refractivity contribution in [3.63, 3.8) is 0 Å². The van der Waals surface area contributed by atoms with E-state index in [0.717, 1.165) is 25.1 Å². The molecule has 2 aliphatic heterocycles. The first kappa shape index (κ1) is 16.1. The van der Waals surface area contributed by atoms with Crippen LogP contribution in [0.5, 0.6) is 0 Å². The maximum atomic E-state index is 13.6. The van der Waals surface area contributed by atoms with Crippen LogP contribution in [0.1, 0.15) is 23.3 Å². The number of benzene rings is 1. The van der Waals surface area contributed by atoms with E-state index in [1.54, 1.807) is 18.3 Å². The Morgan fingerprint density at radius 2 is 2.24 bits per heavy atom. The number of nitrogens with zero attached hydrogens (tertiary/aromatic N) is 3. The molecule has 4 rings (SSSR count). The van der Waals surface area contributed by atoms with E-state index >= 15 is 0 Å². The van der Waals surface area contributed by atoms with Crippen molar-refractivity contribution in [2.75, 3.05) is 37.7 Å². The topological polar surface area (TPSA) is 61.5 Å². The van der Waals surface area contributed by atoms with Crippen LogP contribution in [0.4, 0.5) is 10.1 Å². The zero-order chi connectivity index (χ0) is 17.3. The third kappa shape index (κ3) is 3.24. The number of nitrogens with one attached hydrogen (secondary N) is 1. The number of imidazole rings is 1. The molecule has 0 radical (unpaired) electrons. The first-order valence-corrected chi connectivity index (χ1v) is 8.57. The van der Waals surface area contributed by atoms with Gasteiger partial charge in [0.15, 0.2) is 0 Å². The second-order valence-electron chi connectivity index (χ2n) is 6.73. The molecule has 1 spiro atoms. The van der Waals surface area contributed by atoms with Crippen molar-refractivity contribution < 1.29 is 13.9 Å². The molecule has 1 atom stereocenters. The lowest BCUT2D eigenvalue weighted by atomic mass is 9.90. The fourth-order valence-corrected chi connectivity index (χ4v) is 3.80. The van der Waals surface area contributed by atoms with E-state index in [4.69, 9.17) is 4.74 Å². The Balaban J connectivity index is 1.51. The van der Waals surface area contributed by atoms with Crippen molar-refractivity contribution in [1.82, 2.24) is 14.9 Å². The van der Waals surface area contributed by atoms with Gasteiger partial charge in [-0.3, -0.25) is 4.79 Å². The zero-order valence-electron chi connectivity index (χ0n) is 13.9. The number of hydrogen-bond donors (Lipinski definition) is 1.